The SMILES string of the molecule is Cc1c(C(=O)Nc2cccc(Cn3cccn3)c2)c(-c2ccccc2)nn1-c1ccccc1. The molecule has 3 aromatic carbocycles. The Bertz CT molecular complexity index is 1370. The third-order valence-electron chi connectivity index (χ3n) is 5.48. The van der Waals surface area contributed by atoms with Crippen LogP contribution in [-0.4, -0.2) is 25.5 Å². The highest BCUT2D eigenvalue weighted by molar-refractivity contribution is 6.09. The molecule has 2 aromatic heterocycles. The molecule has 0 radical (unpaired) electrons. The first-order chi connectivity index (χ1) is 16.2. The molecule has 0 aliphatic rings. The van der Waals surface area contributed by atoms with Crippen LogP contribution in [0.3, 0.4) is 0 Å². The molecule has 2 heterocycles. The standard InChI is InChI=1S/C27H23N5O/c1-20-25(27(33)29-23-13-8-10-21(18-23)19-31-17-9-16-28-31)26(22-11-4-2-5-12-22)30-32(20)24-14-6-3-7-15-24/h2-18H,19H2,1H3,(H,29,33). The van der Waals surface area contributed by atoms with Crippen LogP contribution in [-0.2, 0) is 6.54 Å². The molecule has 1 N–H and O–H groups in total. The van der Waals surface area contributed by atoms with Crippen LogP contribution >= 0.6 is 0 Å². The topological polar surface area (TPSA) is 64.7 Å². The number of nitrogens with zero attached hydrogens (tertiary/aromatic N) is 4. The van der Waals surface area contributed by atoms with E-state index >= 15 is 0 Å². The maximum atomic E-state index is 13.5. The van der Waals surface area contributed by atoms with Gasteiger partial charge in [0.15, 0.2) is 0 Å². The summed E-state index contributed by atoms with van der Waals surface area (Å²) < 4.78 is 3.67. The molecule has 1 amide bonds. The van der Waals surface area contributed by atoms with Crippen molar-refractivity contribution in [2.45, 2.75) is 13.5 Å². The third-order valence-corrected chi connectivity index (χ3v) is 5.48. The average Bonchev–Trinajstić information content (AvgIpc) is 3.48. The van der Waals surface area contributed by atoms with Crippen LogP contribution in [0.2, 0.25) is 0 Å². The van der Waals surface area contributed by atoms with Crippen molar-refractivity contribution in [3.8, 4) is 16.9 Å². The minimum Gasteiger partial charge on any atom is -0.322 e. The number of benzene rings is 3. The lowest BCUT2D eigenvalue weighted by atomic mass is 10.1. The molecule has 5 aromatic rings. The fourth-order valence-corrected chi connectivity index (χ4v) is 3.91. The molecule has 0 atom stereocenters. The molecule has 33 heavy (non-hydrogen) atoms. The zero-order valence-corrected chi connectivity index (χ0v) is 18.2. The Morgan fingerprint density at radius 2 is 1.67 bits per heavy atom. The van der Waals surface area contributed by atoms with Gasteiger partial charge in [-0.15, -0.1) is 0 Å². The molecule has 5 rings (SSSR count). The number of carbonyl (C=O) groups excluding carboxylic acids is 1. The Morgan fingerprint density at radius 1 is 0.909 bits per heavy atom. The third kappa shape index (κ3) is 4.32. The number of rotatable bonds is 6. The second kappa shape index (κ2) is 8.96. The van der Waals surface area contributed by atoms with Gasteiger partial charge >= 0.3 is 0 Å². The van der Waals surface area contributed by atoms with E-state index in [1.807, 2.05) is 113 Å². The second-order valence-corrected chi connectivity index (χ2v) is 7.78. The van der Waals surface area contributed by atoms with Crippen molar-refractivity contribution in [3.63, 3.8) is 0 Å². The zero-order valence-electron chi connectivity index (χ0n) is 18.2. The predicted molar refractivity (Wildman–Crippen MR) is 129 cm³/mol. The van der Waals surface area contributed by atoms with Gasteiger partial charge in [-0.3, -0.25) is 9.48 Å². The van der Waals surface area contributed by atoms with Gasteiger partial charge in [-0.25, -0.2) is 4.68 Å². The smallest absolute Gasteiger partial charge is 0.259 e. The van der Waals surface area contributed by atoms with Crippen molar-refractivity contribution in [2.24, 2.45) is 0 Å². The predicted octanol–water partition coefficient (Wildman–Crippen LogP) is 5.34. The number of carbonyl (C=O) groups is 1. The molecule has 0 spiro atoms. The minimum atomic E-state index is -0.190. The summed E-state index contributed by atoms with van der Waals surface area (Å²) >= 11 is 0. The maximum Gasteiger partial charge on any atom is 0.259 e. The number of amides is 1. The van der Waals surface area contributed by atoms with E-state index in [0.717, 1.165) is 28.2 Å². The maximum absolute atomic E-state index is 13.5. The Hall–Kier alpha value is -4.45. The highest BCUT2D eigenvalue weighted by Crippen LogP contribution is 2.28. The van der Waals surface area contributed by atoms with Crippen LogP contribution in [0.5, 0.6) is 0 Å². The first-order valence-electron chi connectivity index (χ1n) is 10.8. The summed E-state index contributed by atoms with van der Waals surface area (Å²) in [6.45, 7) is 2.56. The monoisotopic (exact) mass is 433 g/mol. The van der Waals surface area contributed by atoms with Crippen LogP contribution in [0.4, 0.5) is 5.69 Å². The van der Waals surface area contributed by atoms with Gasteiger partial charge in [0.25, 0.3) is 5.91 Å². The van der Waals surface area contributed by atoms with Gasteiger partial charge < -0.3 is 5.32 Å². The second-order valence-electron chi connectivity index (χ2n) is 7.78. The summed E-state index contributed by atoms with van der Waals surface area (Å²) in [4.78, 5) is 13.5. The molecular formula is C27H23N5O. The lowest BCUT2D eigenvalue weighted by Gasteiger charge is -2.09. The average molecular weight is 434 g/mol. The Kier molecular flexibility index (Phi) is 5.55. The van der Waals surface area contributed by atoms with Crippen LogP contribution in [0.1, 0.15) is 21.6 Å². The molecule has 6 nitrogen and oxygen atoms in total. The summed E-state index contributed by atoms with van der Waals surface area (Å²) in [6, 6.07) is 29.4. The number of aromatic nitrogens is 4. The van der Waals surface area contributed by atoms with Crippen molar-refractivity contribution in [1.82, 2.24) is 19.6 Å². The molecule has 0 saturated carbocycles. The van der Waals surface area contributed by atoms with E-state index in [2.05, 4.69) is 10.4 Å². The van der Waals surface area contributed by atoms with Gasteiger partial charge in [0, 0.05) is 23.6 Å². The fraction of sp³-hybridized carbons (Fsp3) is 0.0741. The van der Waals surface area contributed by atoms with E-state index in [4.69, 9.17) is 5.10 Å². The van der Waals surface area contributed by atoms with Crippen molar-refractivity contribution < 1.29 is 4.79 Å². The quantitative estimate of drug-likeness (QED) is 0.393. The van der Waals surface area contributed by atoms with Crippen molar-refractivity contribution in [3.05, 3.63) is 120 Å². The Balaban J connectivity index is 1.50. The molecule has 0 saturated heterocycles. The lowest BCUT2D eigenvalue weighted by molar-refractivity contribution is 0.102. The lowest BCUT2D eigenvalue weighted by Crippen LogP contribution is -2.14. The minimum absolute atomic E-state index is 0.190. The zero-order chi connectivity index (χ0) is 22.6. The first kappa shape index (κ1) is 20.5. The summed E-state index contributed by atoms with van der Waals surface area (Å²) in [5.41, 5.74) is 5.59. The Morgan fingerprint density at radius 3 is 2.39 bits per heavy atom. The van der Waals surface area contributed by atoms with Crippen molar-refractivity contribution >= 4 is 11.6 Å². The van der Waals surface area contributed by atoms with E-state index in [0.29, 0.717) is 17.8 Å². The Labute approximate surface area is 192 Å². The van der Waals surface area contributed by atoms with Crippen LogP contribution in [0.15, 0.2) is 103 Å². The van der Waals surface area contributed by atoms with Crippen LogP contribution in [0.25, 0.3) is 16.9 Å². The largest absolute Gasteiger partial charge is 0.322 e. The summed E-state index contributed by atoms with van der Waals surface area (Å²) in [7, 11) is 0. The fourth-order valence-electron chi connectivity index (χ4n) is 3.91. The number of hydrogen-bond donors (Lipinski definition) is 1. The van der Waals surface area contributed by atoms with Gasteiger partial charge in [0.2, 0.25) is 0 Å². The van der Waals surface area contributed by atoms with Crippen molar-refractivity contribution in [2.75, 3.05) is 5.32 Å². The molecule has 0 fully saturated rings. The van der Waals surface area contributed by atoms with E-state index in [1.54, 1.807) is 6.20 Å². The van der Waals surface area contributed by atoms with Gasteiger partial charge in [-0.2, -0.15) is 10.2 Å². The van der Waals surface area contributed by atoms with E-state index in [-0.39, 0.29) is 5.91 Å². The molecule has 0 aliphatic heterocycles. The summed E-state index contributed by atoms with van der Waals surface area (Å²) in [6.07, 6.45) is 3.67. The molecule has 162 valence electrons. The van der Waals surface area contributed by atoms with Crippen LogP contribution in [0, 0.1) is 6.92 Å². The molecule has 6 heteroatoms. The normalized spacial score (nSPS) is 10.8. The molecule has 0 bridgehead atoms. The summed E-state index contributed by atoms with van der Waals surface area (Å²) in [5.74, 6) is -0.190. The van der Waals surface area contributed by atoms with Gasteiger partial charge in [0.05, 0.1) is 23.5 Å². The van der Waals surface area contributed by atoms with Crippen LogP contribution < -0.4 is 5.32 Å². The van der Waals surface area contributed by atoms with Gasteiger partial charge in [0.1, 0.15) is 5.69 Å². The molecule has 0 aliphatic carbocycles. The number of anilines is 1. The first-order valence-corrected chi connectivity index (χ1v) is 10.8. The van der Waals surface area contributed by atoms with E-state index in [9.17, 15) is 4.79 Å². The van der Waals surface area contributed by atoms with E-state index < -0.39 is 0 Å². The van der Waals surface area contributed by atoms with Crippen molar-refractivity contribution in [1.29, 1.82) is 0 Å². The number of nitrogens with one attached hydrogen (secondary N) is 1. The molecular weight excluding hydrogens is 410 g/mol. The highest BCUT2D eigenvalue weighted by atomic mass is 16.1. The van der Waals surface area contributed by atoms with E-state index in [1.165, 1.54) is 0 Å². The number of hydrogen-bond acceptors (Lipinski definition) is 3. The number of para-hydroxylation sites is 1. The highest BCUT2D eigenvalue weighted by Gasteiger charge is 2.23. The van der Waals surface area contributed by atoms with Gasteiger partial charge in [-0.1, -0.05) is 60.7 Å². The van der Waals surface area contributed by atoms with Gasteiger partial charge in [-0.05, 0) is 42.8 Å². The summed E-state index contributed by atoms with van der Waals surface area (Å²) in [5, 5.41) is 12.2. The molecule has 0 unspecified atom stereocenters.